The van der Waals surface area contributed by atoms with Gasteiger partial charge in [-0.2, -0.15) is 0 Å². The van der Waals surface area contributed by atoms with E-state index < -0.39 is 17.7 Å². The number of methoxy groups -OCH3 is 1. The summed E-state index contributed by atoms with van der Waals surface area (Å²) in [6, 6.07) is 12.0. The lowest BCUT2D eigenvalue weighted by Crippen LogP contribution is -2.29. The second-order valence-electron chi connectivity index (χ2n) is 9.53. The largest absolute Gasteiger partial charge is 0.507 e. The summed E-state index contributed by atoms with van der Waals surface area (Å²) in [5.41, 5.74) is 4.63. The highest BCUT2D eigenvalue weighted by molar-refractivity contribution is 6.51. The zero-order valence-electron chi connectivity index (χ0n) is 21.2. The number of hydrogen-bond acceptors (Lipinski definition) is 5. The van der Waals surface area contributed by atoms with Gasteiger partial charge in [-0.05, 0) is 92.3 Å². The summed E-state index contributed by atoms with van der Waals surface area (Å²) in [5.74, 6) is 0.219. The number of aryl methyl sites for hydroxylation is 4. The van der Waals surface area contributed by atoms with Crippen molar-refractivity contribution in [2.75, 3.05) is 12.0 Å². The molecular formula is C29H31NO5. The third-order valence-corrected chi connectivity index (χ3v) is 6.41. The molecule has 0 aliphatic carbocycles. The first-order valence-electron chi connectivity index (χ1n) is 11.7. The molecule has 0 bridgehead atoms. The number of carbonyl (C=O) groups excluding carboxylic acids is 2. The quantitative estimate of drug-likeness (QED) is 0.268. The zero-order chi connectivity index (χ0) is 25.6. The number of hydrogen-bond donors (Lipinski definition) is 1. The number of ether oxygens (including phenoxy) is 1. The highest BCUT2D eigenvalue weighted by atomic mass is 16.5. The van der Waals surface area contributed by atoms with E-state index in [1.807, 2.05) is 65.0 Å². The first kappa shape index (κ1) is 24.3. The minimum Gasteiger partial charge on any atom is -0.507 e. The van der Waals surface area contributed by atoms with Crippen molar-refractivity contribution in [2.45, 2.75) is 53.5 Å². The van der Waals surface area contributed by atoms with E-state index in [-0.39, 0.29) is 17.3 Å². The molecule has 6 heteroatoms. The SMILES string of the molecule is COc1cc(C)c(/C(O)=C2\C(=O)C(=O)N(c3cc(C)cc(C)c3)C2c2ccc(C)o2)cc1C(C)C. The van der Waals surface area contributed by atoms with Gasteiger partial charge in [-0.1, -0.05) is 19.9 Å². The summed E-state index contributed by atoms with van der Waals surface area (Å²) in [6.07, 6.45) is 0. The Morgan fingerprint density at radius 1 is 1.00 bits per heavy atom. The topological polar surface area (TPSA) is 80.0 Å². The van der Waals surface area contributed by atoms with Crippen LogP contribution in [0.5, 0.6) is 5.75 Å². The Bertz CT molecular complexity index is 1340. The molecule has 182 valence electrons. The number of nitrogens with zero attached hydrogens (tertiary/aromatic N) is 1. The fourth-order valence-electron chi connectivity index (χ4n) is 4.78. The number of benzene rings is 2. The van der Waals surface area contributed by atoms with Crippen LogP contribution >= 0.6 is 0 Å². The summed E-state index contributed by atoms with van der Waals surface area (Å²) in [5, 5.41) is 11.6. The third kappa shape index (κ3) is 4.25. The second-order valence-corrected chi connectivity index (χ2v) is 9.53. The number of amides is 1. The summed E-state index contributed by atoms with van der Waals surface area (Å²) in [6.45, 7) is 11.6. The van der Waals surface area contributed by atoms with Crippen molar-refractivity contribution < 1.29 is 23.8 Å². The summed E-state index contributed by atoms with van der Waals surface area (Å²) < 4.78 is 11.4. The highest BCUT2D eigenvalue weighted by Gasteiger charge is 2.48. The zero-order valence-corrected chi connectivity index (χ0v) is 21.2. The lowest BCUT2D eigenvalue weighted by atomic mass is 9.92. The molecule has 1 aliphatic rings. The van der Waals surface area contributed by atoms with Crippen LogP contribution in [0.3, 0.4) is 0 Å². The Balaban J connectivity index is 1.99. The maximum absolute atomic E-state index is 13.4. The molecule has 3 aromatic rings. The van der Waals surface area contributed by atoms with Gasteiger partial charge >= 0.3 is 0 Å². The van der Waals surface area contributed by atoms with E-state index in [9.17, 15) is 14.7 Å². The molecule has 1 unspecified atom stereocenters. The monoisotopic (exact) mass is 473 g/mol. The van der Waals surface area contributed by atoms with Crippen LogP contribution in [0, 0.1) is 27.7 Å². The molecule has 1 aliphatic heterocycles. The van der Waals surface area contributed by atoms with Gasteiger partial charge in [0.25, 0.3) is 11.7 Å². The van der Waals surface area contributed by atoms with Crippen LogP contribution in [0.2, 0.25) is 0 Å². The molecule has 0 saturated carbocycles. The van der Waals surface area contributed by atoms with E-state index in [4.69, 9.17) is 9.15 Å². The van der Waals surface area contributed by atoms with Crippen LogP contribution in [0.15, 0.2) is 52.5 Å². The van der Waals surface area contributed by atoms with E-state index in [1.165, 1.54) is 4.90 Å². The Morgan fingerprint density at radius 3 is 2.20 bits per heavy atom. The molecule has 1 saturated heterocycles. The molecule has 1 N–H and O–H groups in total. The Morgan fingerprint density at radius 2 is 1.66 bits per heavy atom. The van der Waals surface area contributed by atoms with Gasteiger partial charge in [0.05, 0.1) is 12.7 Å². The number of Topliss-reactive ketones (excluding diaryl/α,β-unsaturated/α-hetero) is 1. The maximum Gasteiger partial charge on any atom is 0.300 e. The molecule has 6 nitrogen and oxygen atoms in total. The number of rotatable bonds is 5. The first-order chi connectivity index (χ1) is 16.5. The van der Waals surface area contributed by atoms with Gasteiger partial charge in [0.15, 0.2) is 0 Å². The van der Waals surface area contributed by atoms with Gasteiger partial charge in [-0.15, -0.1) is 0 Å². The van der Waals surface area contributed by atoms with Crippen molar-refractivity contribution in [3.05, 3.63) is 87.4 Å². The van der Waals surface area contributed by atoms with Crippen LogP contribution in [0.4, 0.5) is 5.69 Å². The fraction of sp³-hybridized carbons (Fsp3) is 0.310. The van der Waals surface area contributed by atoms with Gasteiger partial charge in [0.1, 0.15) is 29.1 Å². The number of aliphatic hydroxyl groups excluding tert-OH is 1. The smallest absolute Gasteiger partial charge is 0.300 e. The lowest BCUT2D eigenvalue weighted by molar-refractivity contribution is -0.132. The standard InChI is InChI=1S/C29H31NO5/c1-15(2)21-14-22(18(5)13-24(21)34-7)27(31)25-26(23-9-8-19(6)35-23)30(29(33)28(25)32)20-11-16(3)10-17(4)12-20/h8-15,26,31H,1-7H3/b27-25+. The van der Waals surface area contributed by atoms with Gasteiger partial charge in [-0.3, -0.25) is 14.5 Å². The van der Waals surface area contributed by atoms with Crippen molar-refractivity contribution in [3.8, 4) is 5.75 Å². The number of aliphatic hydroxyl groups is 1. The normalized spacial score (nSPS) is 17.5. The van der Waals surface area contributed by atoms with Crippen molar-refractivity contribution in [1.29, 1.82) is 0 Å². The minimum atomic E-state index is -0.895. The number of ketones is 1. The summed E-state index contributed by atoms with van der Waals surface area (Å²) in [7, 11) is 1.61. The van der Waals surface area contributed by atoms with Gasteiger partial charge in [-0.25, -0.2) is 0 Å². The van der Waals surface area contributed by atoms with Crippen LogP contribution in [0.25, 0.3) is 5.76 Å². The predicted octanol–water partition coefficient (Wildman–Crippen LogP) is 6.27. The molecule has 2 aromatic carbocycles. The molecule has 35 heavy (non-hydrogen) atoms. The van der Waals surface area contributed by atoms with Crippen molar-refractivity contribution in [3.63, 3.8) is 0 Å². The average molecular weight is 474 g/mol. The van der Waals surface area contributed by atoms with Crippen molar-refractivity contribution >= 4 is 23.1 Å². The maximum atomic E-state index is 13.4. The van der Waals surface area contributed by atoms with E-state index in [2.05, 4.69) is 0 Å². The van der Waals surface area contributed by atoms with E-state index >= 15 is 0 Å². The Hall–Kier alpha value is -3.80. The number of carbonyl (C=O) groups is 2. The molecular weight excluding hydrogens is 442 g/mol. The average Bonchev–Trinajstić information content (AvgIpc) is 3.33. The Labute approximate surface area is 205 Å². The van der Waals surface area contributed by atoms with Crippen LogP contribution in [-0.4, -0.2) is 23.9 Å². The summed E-state index contributed by atoms with van der Waals surface area (Å²) in [4.78, 5) is 28.3. The highest BCUT2D eigenvalue weighted by Crippen LogP contribution is 2.44. The van der Waals surface area contributed by atoms with Crippen LogP contribution in [0.1, 0.15) is 65.1 Å². The third-order valence-electron chi connectivity index (χ3n) is 6.41. The van der Waals surface area contributed by atoms with Crippen molar-refractivity contribution in [2.24, 2.45) is 0 Å². The van der Waals surface area contributed by atoms with Gasteiger partial charge in [0, 0.05) is 11.3 Å². The molecule has 0 radical (unpaired) electrons. The van der Waals surface area contributed by atoms with Crippen LogP contribution < -0.4 is 9.64 Å². The number of anilines is 1. The second kappa shape index (κ2) is 9.10. The fourth-order valence-corrected chi connectivity index (χ4v) is 4.78. The van der Waals surface area contributed by atoms with E-state index in [0.29, 0.717) is 28.5 Å². The van der Waals surface area contributed by atoms with Crippen LogP contribution in [-0.2, 0) is 9.59 Å². The van der Waals surface area contributed by atoms with Gasteiger partial charge < -0.3 is 14.3 Å². The minimum absolute atomic E-state index is 0.00600. The van der Waals surface area contributed by atoms with Crippen molar-refractivity contribution in [1.82, 2.24) is 0 Å². The molecule has 2 heterocycles. The molecule has 1 fully saturated rings. The lowest BCUT2D eigenvalue weighted by Gasteiger charge is -2.24. The molecule has 4 rings (SSSR count). The summed E-state index contributed by atoms with van der Waals surface area (Å²) >= 11 is 0. The molecule has 1 amide bonds. The molecule has 1 atom stereocenters. The van der Waals surface area contributed by atoms with E-state index in [1.54, 1.807) is 26.2 Å². The molecule has 0 spiro atoms. The predicted molar refractivity (Wildman–Crippen MR) is 136 cm³/mol. The van der Waals surface area contributed by atoms with Gasteiger partial charge in [0.2, 0.25) is 0 Å². The number of furan rings is 1. The Kier molecular flexibility index (Phi) is 6.32. The first-order valence-corrected chi connectivity index (χ1v) is 11.7. The molecule has 1 aromatic heterocycles. The van der Waals surface area contributed by atoms with E-state index in [0.717, 1.165) is 22.3 Å².